The fraction of sp³-hybridized carbons (Fsp3) is 0.891. The highest BCUT2D eigenvalue weighted by molar-refractivity contribution is 7.47. The number of phosphoric ester groups is 1. The van der Waals surface area contributed by atoms with Crippen molar-refractivity contribution in [2.24, 2.45) is 0 Å². The molecular formula is C64H121O11P. The Morgan fingerprint density at radius 2 is 0.605 bits per heavy atom. The number of unbranched alkanes of at least 4 members (excludes halogenated alkanes) is 40. The minimum absolute atomic E-state index is 0.170. The van der Waals surface area contributed by atoms with Crippen LogP contribution in [0.15, 0.2) is 24.3 Å². The maximum absolute atomic E-state index is 13.0. The Balaban J connectivity index is 4.67. The van der Waals surface area contributed by atoms with Gasteiger partial charge in [-0.3, -0.25) is 23.4 Å². The number of phosphoric acid groups is 1. The van der Waals surface area contributed by atoms with E-state index in [0.717, 1.165) is 64.2 Å². The SMILES string of the molecule is CCCCCCCC/C=C\CCCCCCCCCCCC(=O)OC(COC(=O)CCCCCCCCC/C=C\CCCCCCCC)COP(=O)(O)OCC(CO)OC(=O)CCCCCCCCCCCCCCC. The molecule has 0 aliphatic heterocycles. The summed E-state index contributed by atoms with van der Waals surface area (Å²) in [6.45, 7) is 4.70. The fourth-order valence-corrected chi connectivity index (χ4v) is 10.2. The monoisotopic (exact) mass is 1100 g/mol. The van der Waals surface area contributed by atoms with Crippen LogP contribution in [0.25, 0.3) is 0 Å². The van der Waals surface area contributed by atoms with Crippen molar-refractivity contribution in [2.75, 3.05) is 26.4 Å². The third kappa shape index (κ3) is 56.7. The van der Waals surface area contributed by atoms with Gasteiger partial charge in [0.15, 0.2) is 6.10 Å². The van der Waals surface area contributed by atoms with Gasteiger partial charge in [0, 0.05) is 19.3 Å². The summed E-state index contributed by atoms with van der Waals surface area (Å²) in [7, 11) is -4.75. The van der Waals surface area contributed by atoms with E-state index in [1.54, 1.807) is 0 Å². The quantitative estimate of drug-likeness (QED) is 0.0197. The Bertz CT molecular complexity index is 1370. The van der Waals surface area contributed by atoms with Crippen LogP contribution in [0, 0.1) is 0 Å². The lowest BCUT2D eigenvalue weighted by Crippen LogP contribution is -2.30. The van der Waals surface area contributed by atoms with Gasteiger partial charge in [-0.1, -0.05) is 263 Å². The second-order valence-corrected chi connectivity index (χ2v) is 23.4. The number of ether oxygens (including phenoxy) is 3. The van der Waals surface area contributed by atoms with Gasteiger partial charge in [0.2, 0.25) is 0 Å². The van der Waals surface area contributed by atoms with E-state index in [9.17, 15) is 28.9 Å². The van der Waals surface area contributed by atoms with Crippen LogP contribution < -0.4 is 0 Å². The molecule has 0 aromatic rings. The first kappa shape index (κ1) is 74.0. The predicted molar refractivity (Wildman–Crippen MR) is 316 cm³/mol. The molecule has 0 fully saturated rings. The zero-order valence-corrected chi connectivity index (χ0v) is 50.6. The summed E-state index contributed by atoms with van der Waals surface area (Å²) in [4.78, 5) is 48.7. The average Bonchev–Trinajstić information content (AvgIpc) is 3.41. The van der Waals surface area contributed by atoms with Crippen molar-refractivity contribution in [2.45, 2.75) is 341 Å². The molecule has 0 radical (unpaired) electrons. The topological polar surface area (TPSA) is 155 Å². The average molecular weight is 1100 g/mol. The van der Waals surface area contributed by atoms with Gasteiger partial charge >= 0.3 is 25.7 Å². The largest absolute Gasteiger partial charge is 0.472 e. The highest BCUT2D eigenvalue weighted by atomic mass is 31.2. The molecule has 0 aromatic carbocycles. The van der Waals surface area contributed by atoms with Gasteiger partial charge < -0.3 is 24.2 Å². The molecule has 0 bridgehead atoms. The van der Waals surface area contributed by atoms with Crippen LogP contribution in [-0.2, 0) is 42.2 Å². The summed E-state index contributed by atoms with van der Waals surface area (Å²) in [6.07, 6.45) is 61.2. The summed E-state index contributed by atoms with van der Waals surface area (Å²) in [5.41, 5.74) is 0. The highest BCUT2D eigenvalue weighted by Crippen LogP contribution is 2.43. The first-order chi connectivity index (χ1) is 37.2. The van der Waals surface area contributed by atoms with Crippen LogP contribution in [0.3, 0.4) is 0 Å². The second-order valence-electron chi connectivity index (χ2n) is 21.9. The predicted octanol–water partition coefficient (Wildman–Crippen LogP) is 19.4. The summed E-state index contributed by atoms with van der Waals surface area (Å²) in [5.74, 6) is -1.44. The fourth-order valence-electron chi connectivity index (χ4n) is 9.41. The summed E-state index contributed by atoms with van der Waals surface area (Å²) < 4.78 is 39.7. The number of aliphatic hydroxyl groups excluding tert-OH is 1. The number of carbonyl (C=O) groups is 3. The first-order valence-corrected chi connectivity index (χ1v) is 33.7. The highest BCUT2D eigenvalue weighted by Gasteiger charge is 2.28. The van der Waals surface area contributed by atoms with E-state index in [1.165, 1.54) is 205 Å². The van der Waals surface area contributed by atoms with Gasteiger partial charge in [-0.25, -0.2) is 4.57 Å². The molecule has 0 heterocycles. The molecule has 0 saturated carbocycles. The number of hydrogen-bond acceptors (Lipinski definition) is 10. The number of allylic oxidation sites excluding steroid dienone is 4. The standard InChI is InChI=1S/C64H121O11P/c1-4-7-10-13-16-19-22-25-27-29-30-32-34-37-40-43-46-49-52-55-64(68)75-61(57-71-62(66)53-50-47-44-41-38-36-33-31-28-26-23-20-17-14-11-8-5-2)59-73-76(69,70)72-58-60(56-65)74-63(67)54-51-48-45-42-39-35-24-21-18-15-12-9-6-3/h25-28,60-61,65H,4-24,29-59H2,1-3H3,(H,69,70)/b27-25-,28-26-. The van der Waals surface area contributed by atoms with Crippen LogP contribution in [0.1, 0.15) is 329 Å². The molecule has 0 aliphatic carbocycles. The molecule has 0 aliphatic rings. The van der Waals surface area contributed by atoms with Crippen molar-refractivity contribution < 1.29 is 52.2 Å². The molecule has 12 heteroatoms. The van der Waals surface area contributed by atoms with Crippen molar-refractivity contribution in [3.05, 3.63) is 24.3 Å². The van der Waals surface area contributed by atoms with E-state index >= 15 is 0 Å². The van der Waals surface area contributed by atoms with Crippen molar-refractivity contribution in [3.8, 4) is 0 Å². The zero-order valence-electron chi connectivity index (χ0n) is 49.7. The third-order valence-corrected chi connectivity index (χ3v) is 15.3. The lowest BCUT2D eigenvalue weighted by Gasteiger charge is -2.21. The third-order valence-electron chi connectivity index (χ3n) is 14.3. The van der Waals surface area contributed by atoms with E-state index in [0.29, 0.717) is 19.3 Å². The van der Waals surface area contributed by atoms with Crippen molar-refractivity contribution >= 4 is 25.7 Å². The Morgan fingerprint density at radius 1 is 0.355 bits per heavy atom. The Labute approximate surface area is 468 Å². The number of hydrogen-bond donors (Lipinski definition) is 2. The molecule has 76 heavy (non-hydrogen) atoms. The van der Waals surface area contributed by atoms with E-state index in [-0.39, 0.29) is 25.9 Å². The van der Waals surface area contributed by atoms with Crippen LogP contribution in [0.5, 0.6) is 0 Å². The van der Waals surface area contributed by atoms with Gasteiger partial charge in [-0.2, -0.15) is 0 Å². The van der Waals surface area contributed by atoms with Gasteiger partial charge in [0.25, 0.3) is 0 Å². The number of aliphatic hydroxyl groups is 1. The Morgan fingerprint density at radius 3 is 0.908 bits per heavy atom. The summed E-state index contributed by atoms with van der Waals surface area (Å²) in [6, 6.07) is 0. The number of carbonyl (C=O) groups excluding carboxylic acids is 3. The molecular weight excluding hydrogens is 976 g/mol. The van der Waals surface area contributed by atoms with E-state index in [1.807, 2.05) is 0 Å². The number of esters is 3. The first-order valence-electron chi connectivity index (χ1n) is 32.2. The summed E-state index contributed by atoms with van der Waals surface area (Å²) in [5, 5.41) is 9.83. The Kier molecular flexibility index (Phi) is 57.5. The molecule has 3 unspecified atom stereocenters. The van der Waals surface area contributed by atoms with Crippen molar-refractivity contribution in [1.29, 1.82) is 0 Å². The summed E-state index contributed by atoms with van der Waals surface area (Å²) >= 11 is 0. The molecule has 11 nitrogen and oxygen atoms in total. The van der Waals surface area contributed by atoms with E-state index in [2.05, 4.69) is 45.1 Å². The molecule has 2 N–H and O–H groups in total. The molecule has 0 rings (SSSR count). The van der Waals surface area contributed by atoms with Gasteiger partial charge in [-0.05, 0) is 70.6 Å². The van der Waals surface area contributed by atoms with E-state index in [4.69, 9.17) is 23.3 Å². The van der Waals surface area contributed by atoms with Gasteiger partial charge in [-0.15, -0.1) is 0 Å². The van der Waals surface area contributed by atoms with Gasteiger partial charge in [0.05, 0.1) is 19.8 Å². The zero-order chi connectivity index (χ0) is 55.5. The van der Waals surface area contributed by atoms with Crippen LogP contribution >= 0.6 is 7.82 Å². The van der Waals surface area contributed by atoms with Crippen LogP contribution in [-0.4, -0.2) is 66.5 Å². The normalized spacial score (nSPS) is 13.4. The Hall–Kier alpha value is -2.04. The van der Waals surface area contributed by atoms with Crippen molar-refractivity contribution in [3.63, 3.8) is 0 Å². The minimum Gasteiger partial charge on any atom is -0.462 e. The minimum atomic E-state index is -4.75. The maximum atomic E-state index is 13.0. The molecule has 448 valence electrons. The lowest BCUT2D eigenvalue weighted by atomic mass is 10.0. The molecule has 0 saturated heterocycles. The van der Waals surface area contributed by atoms with Crippen molar-refractivity contribution in [1.82, 2.24) is 0 Å². The maximum Gasteiger partial charge on any atom is 0.472 e. The molecule has 0 aromatic heterocycles. The molecule has 0 amide bonds. The van der Waals surface area contributed by atoms with Gasteiger partial charge in [0.1, 0.15) is 12.7 Å². The second kappa shape index (κ2) is 59.1. The van der Waals surface area contributed by atoms with Crippen LogP contribution in [0.4, 0.5) is 0 Å². The number of rotatable bonds is 61. The molecule has 3 atom stereocenters. The smallest absolute Gasteiger partial charge is 0.462 e. The molecule has 0 spiro atoms. The van der Waals surface area contributed by atoms with E-state index < -0.39 is 57.8 Å². The lowest BCUT2D eigenvalue weighted by molar-refractivity contribution is -0.161. The van der Waals surface area contributed by atoms with Crippen LogP contribution in [0.2, 0.25) is 0 Å².